The molecule has 196 valence electrons. The predicted octanol–water partition coefficient (Wildman–Crippen LogP) is 7.71. The second-order valence-corrected chi connectivity index (χ2v) is 15.0. The van der Waals surface area contributed by atoms with Crippen molar-refractivity contribution in [1.82, 2.24) is 4.90 Å². The molecule has 36 heavy (non-hydrogen) atoms. The summed E-state index contributed by atoms with van der Waals surface area (Å²) in [6.45, 7) is 14.6. The number of hydrogen-bond acceptors (Lipinski definition) is 4. The molecule has 1 N–H and O–H groups in total. The van der Waals surface area contributed by atoms with Crippen LogP contribution in [0.5, 0.6) is 5.75 Å². The monoisotopic (exact) mass is 525 g/mol. The van der Waals surface area contributed by atoms with Gasteiger partial charge in [0.05, 0.1) is 5.75 Å². The molecule has 1 amide bonds. The number of phenolic OH excluding ortho intramolecular Hbond substituents is 1. The fourth-order valence-corrected chi connectivity index (χ4v) is 8.28. The number of aromatic hydroxyl groups is 1. The van der Waals surface area contributed by atoms with E-state index >= 15 is 0 Å². The zero-order valence-corrected chi connectivity index (χ0v) is 24.5. The molecule has 5 heteroatoms. The van der Waals surface area contributed by atoms with Crippen molar-refractivity contribution in [2.75, 3.05) is 12.3 Å². The summed E-state index contributed by atoms with van der Waals surface area (Å²) in [5.41, 5.74) is 4.48. The summed E-state index contributed by atoms with van der Waals surface area (Å²) >= 11 is 3.83. The van der Waals surface area contributed by atoms with E-state index in [-0.39, 0.29) is 16.7 Å². The minimum atomic E-state index is -0.124. The Bertz CT molecular complexity index is 1050. The summed E-state index contributed by atoms with van der Waals surface area (Å²) in [7, 11) is 0. The Morgan fingerprint density at radius 3 is 2.14 bits per heavy atom. The third-order valence-electron chi connectivity index (χ3n) is 7.53. The number of amides is 1. The molecule has 0 saturated heterocycles. The van der Waals surface area contributed by atoms with E-state index in [4.69, 9.17) is 0 Å². The van der Waals surface area contributed by atoms with E-state index in [1.54, 1.807) is 0 Å². The van der Waals surface area contributed by atoms with Crippen LogP contribution in [-0.4, -0.2) is 38.7 Å². The van der Waals surface area contributed by atoms with Crippen molar-refractivity contribution in [2.24, 2.45) is 0 Å². The average molecular weight is 526 g/mol. The lowest BCUT2D eigenvalue weighted by atomic mass is 9.79. The zero-order valence-electron chi connectivity index (χ0n) is 22.9. The first-order chi connectivity index (χ1) is 16.9. The van der Waals surface area contributed by atoms with Gasteiger partial charge in [0.25, 0.3) is 0 Å². The van der Waals surface area contributed by atoms with Crippen LogP contribution in [0.25, 0.3) is 0 Å². The molecule has 1 aliphatic carbocycles. The molecule has 2 aliphatic rings. The largest absolute Gasteiger partial charge is 0.507 e. The fraction of sp³-hybridized carbons (Fsp3) is 0.581. The van der Waals surface area contributed by atoms with Crippen molar-refractivity contribution in [1.29, 1.82) is 0 Å². The maximum Gasteiger partial charge on any atom is 0.232 e. The van der Waals surface area contributed by atoms with Crippen molar-refractivity contribution in [3.63, 3.8) is 0 Å². The van der Waals surface area contributed by atoms with Gasteiger partial charge in [-0.25, -0.2) is 0 Å². The molecule has 1 saturated carbocycles. The molecule has 0 aromatic heterocycles. The number of nitrogens with zero attached hydrogens (tertiary/aromatic N) is 1. The van der Waals surface area contributed by atoms with Crippen LogP contribution in [-0.2, 0) is 28.6 Å². The highest BCUT2D eigenvalue weighted by molar-refractivity contribution is 8.04. The second kappa shape index (κ2) is 11.0. The van der Waals surface area contributed by atoms with Gasteiger partial charge in [-0.05, 0) is 53.4 Å². The molecule has 2 aromatic carbocycles. The highest BCUT2D eigenvalue weighted by atomic mass is 32.2. The maximum atomic E-state index is 13.1. The van der Waals surface area contributed by atoms with E-state index in [1.807, 2.05) is 28.4 Å². The van der Waals surface area contributed by atoms with Gasteiger partial charge >= 0.3 is 0 Å². The van der Waals surface area contributed by atoms with Crippen LogP contribution in [0, 0.1) is 0 Å². The van der Waals surface area contributed by atoms with Gasteiger partial charge in [0.15, 0.2) is 0 Å². The Labute approximate surface area is 226 Å². The van der Waals surface area contributed by atoms with Crippen LogP contribution in [0.1, 0.15) is 89.5 Å². The second-order valence-electron chi connectivity index (χ2n) is 12.5. The number of carbonyl (C=O) groups excluding carboxylic acids is 1. The Morgan fingerprint density at radius 2 is 1.53 bits per heavy atom. The molecule has 0 spiro atoms. The molecule has 2 atom stereocenters. The zero-order chi connectivity index (χ0) is 26.1. The Morgan fingerprint density at radius 1 is 0.944 bits per heavy atom. The smallest absolute Gasteiger partial charge is 0.232 e. The predicted molar refractivity (Wildman–Crippen MR) is 155 cm³/mol. The van der Waals surface area contributed by atoms with Gasteiger partial charge < -0.3 is 10.0 Å². The number of thioether (sulfide) groups is 2. The number of hydrogen-bond donors (Lipinski definition) is 1. The van der Waals surface area contributed by atoms with Crippen LogP contribution in [0.4, 0.5) is 0 Å². The number of carbonyl (C=O) groups is 1. The number of benzene rings is 2. The standard InChI is InChI=1S/C31H43NO2S2/c1-30(2,3)24-17-23(18-25(29(24)34)31(4,5)6)36-27-14-10-9-13-26(27)35-20-28(33)32-16-15-21-11-7-8-12-22(21)19-32/h7-8,11-12,17-18,26-27,34H,9-10,13-16,19-20H2,1-6H3. The van der Waals surface area contributed by atoms with Gasteiger partial charge in [-0.3, -0.25) is 4.79 Å². The topological polar surface area (TPSA) is 40.5 Å². The molecule has 1 heterocycles. The summed E-state index contributed by atoms with van der Waals surface area (Å²) in [5.74, 6) is 1.29. The fourth-order valence-electron chi connectivity index (χ4n) is 5.36. The van der Waals surface area contributed by atoms with E-state index < -0.39 is 0 Å². The first-order valence-corrected chi connectivity index (χ1v) is 15.4. The lowest BCUT2D eigenvalue weighted by Gasteiger charge is -2.33. The molecule has 0 radical (unpaired) electrons. The van der Waals surface area contributed by atoms with E-state index in [0.717, 1.165) is 30.6 Å². The molecular weight excluding hydrogens is 482 g/mol. The van der Waals surface area contributed by atoms with Crippen LogP contribution in [0.3, 0.4) is 0 Å². The summed E-state index contributed by atoms with van der Waals surface area (Å²) in [5, 5.41) is 12.1. The van der Waals surface area contributed by atoms with Crippen LogP contribution >= 0.6 is 23.5 Å². The molecule has 2 unspecified atom stereocenters. The average Bonchev–Trinajstić information content (AvgIpc) is 2.82. The molecule has 2 aromatic rings. The normalized spacial score (nSPS) is 20.8. The maximum absolute atomic E-state index is 13.1. The summed E-state index contributed by atoms with van der Waals surface area (Å²) in [4.78, 5) is 16.4. The molecule has 3 nitrogen and oxygen atoms in total. The minimum absolute atomic E-state index is 0.124. The van der Waals surface area contributed by atoms with E-state index in [1.165, 1.54) is 41.7 Å². The Kier molecular flexibility index (Phi) is 8.41. The van der Waals surface area contributed by atoms with Gasteiger partial charge in [0.1, 0.15) is 5.75 Å². The Hall–Kier alpha value is -1.59. The minimum Gasteiger partial charge on any atom is -0.507 e. The van der Waals surface area contributed by atoms with Crippen molar-refractivity contribution < 1.29 is 9.90 Å². The van der Waals surface area contributed by atoms with Crippen LogP contribution in [0.2, 0.25) is 0 Å². The number of fused-ring (bicyclic) bond motifs is 1. The number of rotatable bonds is 5. The summed E-state index contributed by atoms with van der Waals surface area (Å²) in [6.07, 6.45) is 5.82. The van der Waals surface area contributed by atoms with Gasteiger partial charge in [-0.2, -0.15) is 0 Å². The molecule has 1 fully saturated rings. The lowest BCUT2D eigenvalue weighted by molar-refractivity contribution is -0.129. The summed E-state index contributed by atoms with van der Waals surface area (Å²) in [6, 6.07) is 12.9. The Balaban J connectivity index is 1.45. The van der Waals surface area contributed by atoms with Crippen LogP contribution < -0.4 is 0 Å². The van der Waals surface area contributed by atoms with E-state index in [2.05, 4.69) is 77.9 Å². The highest BCUT2D eigenvalue weighted by Crippen LogP contribution is 2.45. The number of phenols is 1. The van der Waals surface area contributed by atoms with Crippen molar-refractivity contribution in [3.05, 3.63) is 58.7 Å². The van der Waals surface area contributed by atoms with Gasteiger partial charge in [0.2, 0.25) is 5.91 Å². The van der Waals surface area contributed by atoms with E-state index in [9.17, 15) is 9.90 Å². The van der Waals surface area contributed by atoms with Gasteiger partial charge in [-0.1, -0.05) is 78.6 Å². The molecule has 4 rings (SSSR count). The van der Waals surface area contributed by atoms with Gasteiger partial charge in [-0.15, -0.1) is 23.5 Å². The van der Waals surface area contributed by atoms with Crippen molar-refractivity contribution in [3.8, 4) is 5.75 Å². The van der Waals surface area contributed by atoms with Crippen LogP contribution in [0.15, 0.2) is 41.3 Å². The third-order valence-corrected chi connectivity index (χ3v) is 10.5. The van der Waals surface area contributed by atoms with Crippen molar-refractivity contribution >= 4 is 29.4 Å². The molecular formula is C31H43NO2S2. The first kappa shape index (κ1) is 27.4. The van der Waals surface area contributed by atoms with Crippen molar-refractivity contribution in [2.45, 2.75) is 106 Å². The SMILES string of the molecule is CC(C)(C)c1cc(SC2CCCCC2SCC(=O)N2CCc3ccccc3C2)cc(C(C)(C)C)c1O. The molecule has 1 aliphatic heterocycles. The van der Waals surface area contributed by atoms with E-state index in [0.29, 0.717) is 22.0 Å². The van der Waals surface area contributed by atoms with Gasteiger partial charge in [0, 0.05) is 39.6 Å². The highest BCUT2D eigenvalue weighted by Gasteiger charge is 2.31. The lowest BCUT2D eigenvalue weighted by Crippen LogP contribution is -2.38. The first-order valence-electron chi connectivity index (χ1n) is 13.4. The summed E-state index contributed by atoms with van der Waals surface area (Å²) < 4.78 is 0. The molecule has 0 bridgehead atoms. The quantitative estimate of drug-likeness (QED) is 0.434. The third kappa shape index (κ3) is 6.45.